The molecule has 24 heavy (non-hydrogen) atoms. The van der Waals surface area contributed by atoms with Gasteiger partial charge in [-0.25, -0.2) is 9.97 Å². The van der Waals surface area contributed by atoms with Crippen molar-refractivity contribution in [1.82, 2.24) is 19.9 Å². The smallest absolute Gasteiger partial charge is 0.236 e. The molecule has 1 amide bonds. The number of aromatic nitrogens is 3. The number of oxazole rings is 1. The van der Waals surface area contributed by atoms with Crippen molar-refractivity contribution in [2.24, 2.45) is 0 Å². The Bertz CT molecular complexity index is 850. The van der Waals surface area contributed by atoms with Gasteiger partial charge in [-0.2, -0.15) is 0 Å². The Labute approximate surface area is 143 Å². The third-order valence-corrected chi connectivity index (χ3v) is 5.11. The number of carbonyl (C=O) groups excluding carboxylic acids is 1. The molecule has 7 heteroatoms. The summed E-state index contributed by atoms with van der Waals surface area (Å²) in [5.74, 6) is 2.37. The average molecular weight is 342 g/mol. The van der Waals surface area contributed by atoms with Gasteiger partial charge in [-0.15, -0.1) is 11.3 Å². The number of rotatable bonds is 4. The molecule has 0 spiro atoms. The Morgan fingerprint density at radius 3 is 3.29 bits per heavy atom. The summed E-state index contributed by atoms with van der Waals surface area (Å²) in [6.45, 7) is 2.63. The Kier molecular flexibility index (Phi) is 3.93. The van der Waals surface area contributed by atoms with Crippen LogP contribution in [0.5, 0.6) is 0 Å². The lowest BCUT2D eigenvalue weighted by Gasteiger charge is -2.24. The minimum Gasteiger partial charge on any atom is -0.440 e. The number of amides is 1. The minimum atomic E-state index is -0.0160. The molecule has 1 aliphatic rings. The summed E-state index contributed by atoms with van der Waals surface area (Å²) in [7, 11) is 0. The molecule has 0 bridgehead atoms. The van der Waals surface area contributed by atoms with Crippen LogP contribution < -0.4 is 5.32 Å². The summed E-state index contributed by atoms with van der Waals surface area (Å²) in [6.07, 6.45) is 5.82. The number of aryl methyl sites for hydroxylation is 2. The summed E-state index contributed by atoms with van der Waals surface area (Å²) in [5.41, 5.74) is 0.704. The van der Waals surface area contributed by atoms with Crippen LogP contribution in [0.25, 0.3) is 10.8 Å². The molecule has 3 aromatic rings. The molecule has 0 saturated heterocycles. The third-order valence-electron chi connectivity index (χ3n) is 4.25. The van der Waals surface area contributed by atoms with Crippen molar-refractivity contribution < 1.29 is 9.21 Å². The summed E-state index contributed by atoms with van der Waals surface area (Å²) < 4.78 is 7.79. The summed E-state index contributed by atoms with van der Waals surface area (Å²) in [5, 5.41) is 5.08. The minimum absolute atomic E-state index is 0.0160. The highest BCUT2D eigenvalue weighted by Crippen LogP contribution is 2.26. The van der Waals surface area contributed by atoms with Gasteiger partial charge in [0.15, 0.2) is 0 Å². The zero-order valence-corrected chi connectivity index (χ0v) is 14.2. The maximum Gasteiger partial charge on any atom is 0.236 e. The second kappa shape index (κ2) is 6.24. The average Bonchev–Trinajstić information content (AvgIpc) is 3.28. The van der Waals surface area contributed by atoms with Gasteiger partial charge in [-0.3, -0.25) is 4.79 Å². The first-order chi connectivity index (χ1) is 11.7. The first-order valence-corrected chi connectivity index (χ1v) is 8.86. The van der Waals surface area contributed by atoms with Crippen LogP contribution in [-0.4, -0.2) is 26.5 Å². The lowest BCUT2D eigenvalue weighted by atomic mass is 10.1. The van der Waals surface area contributed by atoms with Crippen LogP contribution in [0.15, 0.2) is 34.3 Å². The van der Waals surface area contributed by atoms with Crippen LogP contribution in [-0.2, 0) is 24.2 Å². The Balaban J connectivity index is 1.40. The van der Waals surface area contributed by atoms with E-state index >= 15 is 0 Å². The van der Waals surface area contributed by atoms with E-state index in [2.05, 4.69) is 19.9 Å². The number of imidazole rings is 1. The highest BCUT2D eigenvalue weighted by atomic mass is 32.1. The second-order valence-corrected chi connectivity index (χ2v) is 6.92. The topological polar surface area (TPSA) is 73.0 Å². The van der Waals surface area contributed by atoms with Crippen molar-refractivity contribution >= 4 is 17.2 Å². The zero-order chi connectivity index (χ0) is 16.5. The molecule has 0 radical (unpaired) electrons. The van der Waals surface area contributed by atoms with Crippen molar-refractivity contribution in [3.63, 3.8) is 0 Å². The van der Waals surface area contributed by atoms with Crippen LogP contribution in [0, 0.1) is 6.92 Å². The van der Waals surface area contributed by atoms with Crippen LogP contribution in [0.2, 0.25) is 0 Å². The van der Waals surface area contributed by atoms with E-state index in [1.807, 2.05) is 36.8 Å². The fraction of sp³-hybridized carbons (Fsp3) is 0.353. The van der Waals surface area contributed by atoms with Gasteiger partial charge in [0, 0.05) is 31.4 Å². The van der Waals surface area contributed by atoms with Gasteiger partial charge in [0.1, 0.15) is 11.6 Å². The number of hydrogen-bond acceptors (Lipinski definition) is 5. The molecule has 0 unspecified atom stereocenters. The molecule has 4 rings (SSSR count). The first-order valence-electron chi connectivity index (χ1n) is 7.98. The maximum atomic E-state index is 12.4. The number of nitrogens with zero attached hydrogens (tertiary/aromatic N) is 3. The number of thiophene rings is 1. The molecule has 1 aliphatic heterocycles. The molecule has 0 fully saturated rings. The monoisotopic (exact) mass is 342 g/mol. The van der Waals surface area contributed by atoms with Crippen molar-refractivity contribution in [3.8, 4) is 10.8 Å². The number of carbonyl (C=O) groups is 1. The van der Waals surface area contributed by atoms with Gasteiger partial charge < -0.3 is 14.3 Å². The van der Waals surface area contributed by atoms with Crippen molar-refractivity contribution in [2.45, 2.75) is 38.8 Å². The number of nitrogens with one attached hydrogen (secondary N) is 1. The number of hydrogen-bond donors (Lipinski definition) is 1. The Morgan fingerprint density at radius 1 is 1.54 bits per heavy atom. The predicted octanol–water partition coefficient (Wildman–Crippen LogP) is 2.58. The molecule has 3 aromatic heterocycles. The van der Waals surface area contributed by atoms with E-state index in [4.69, 9.17) is 4.42 Å². The van der Waals surface area contributed by atoms with Gasteiger partial charge >= 0.3 is 0 Å². The molecule has 0 saturated carbocycles. The quantitative estimate of drug-likeness (QED) is 0.791. The van der Waals surface area contributed by atoms with E-state index in [1.165, 1.54) is 0 Å². The molecule has 1 atom stereocenters. The molecule has 0 aromatic carbocycles. The van der Waals surface area contributed by atoms with Crippen LogP contribution in [0.1, 0.15) is 23.7 Å². The van der Waals surface area contributed by atoms with E-state index in [1.54, 1.807) is 11.3 Å². The first kappa shape index (κ1) is 15.1. The lowest BCUT2D eigenvalue weighted by molar-refractivity contribution is -0.121. The van der Waals surface area contributed by atoms with Gasteiger partial charge in [-0.1, -0.05) is 6.07 Å². The molecule has 124 valence electrons. The van der Waals surface area contributed by atoms with Crippen molar-refractivity contribution in [1.29, 1.82) is 0 Å². The van der Waals surface area contributed by atoms with E-state index in [0.717, 1.165) is 30.1 Å². The summed E-state index contributed by atoms with van der Waals surface area (Å²) in [6, 6.07) is 4.06. The van der Waals surface area contributed by atoms with Gasteiger partial charge in [0.2, 0.25) is 11.8 Å². The highest BCUT2D eigenvalue weighted by molar-refractivity contribution is 7.13. The van der Waals surface area contributed by atoms with E-state index < -0.39 is 0 Å². The van der Waals surface area contributed by atoms with Crippen LogP contribution >= 0.6 is 11.3 Å². The highest BCUT2D eigenvalue weighted by Gasteiger charge is 2.22. The van der Waals surface area contributed by atoms with Crippen molar-refractivity contribution in [2.75, 3.05) is 0 Å². The number of fused-ring (bicyclic) bond motifs is 1. The van der Waals surface area contributed by atoms with Gasteiger partial charge in [0.05, 0.1) is 17.0 Å². The van der Waals surface area contributed by atoms with E-state index in [-0.39, 0.29) is 18.4 Å². The Morgan fingerprint density at radius 2 is 2.46 bits per heavy atom. The van der Waals surface area contributed by atoms with Crippen molar-refractivity contribution in [3.05, 3.63) is 47.2 Å². The second-order valence-electron chi connectivity index (χ2n) is 5.97. The standard InChI is InChI=1S/C17H18N4O2S/c1-11-13(20-17(23-11)14-3-2-8-24-14)9-16(22)19-12-4-5-15-18-6-7-21(15)10-12/h2-3,6-8,12H,4-5,9-10H2,1H3,(H,19,22)/t12-/m1/s1. The fourth-order valence-corrected chi connectivity index (χ4v) is 3.66. The maximum absolute atomic E-state index is 12.4. The molecular formula is C17H18N4O2S. The molecular weight excluding hydrogens is 324 g/mol. The predicted molar refractivity (Wildman–Crippen MR) is 90.7 cm³/mol. The van der Waals surface area contributed by atoms with Crippen LogP contribution in [0.3, 0.4) is 0 Å². The zero-order valence-electron chi connectivity index (χ0n) is 13.4. The largest absolute Gasteiger partial charge is 0.440 e. The fourth-order valence-electron chi connectivity index (χ4n) is 3.01. The lowest BCUT2D eigenvalue weighted by Crippen LogP contribution is -2.41. The van der Waals surface area contributed by atoms with Gasteiger partial charge in [0.25, 0.3) is 0 Å². The summed E-state index contributed by atoms with van der Waals surface area (Å²) >= 11 is 1.57. The van der Waals surface area contributed by atoms with E-state index in [9.17, 15) is 4.79 Å². The molecule has 6 nitrogen and oxygen atoms in total. The summed E-state index contributed by atoms with van der Waals surface area (Å²) in [4.78, 5) is 22.1. The Hall–Kier alpha value is -2.41. The molecule has 0 aliphatic carbocycles. The van der Waals surface area contributed by atoms with Gasteiger partial charge in [-0.05, 0) is 24.8 Å². The molecule has 1 N–H and O–H groups in total. The molecule has 4 heterocycles. The third kappa shape index (κ3) is 2.99. The van der Waals surface area contributed by atoms with E-state index in [0.29, 0.717) is 17.3 Å². The normalized spacial score (nSPS) is 16.8. The van der Waals surface area contributed by atoms with Crippen LogP contribution in [0.4, 0.5) is 0 Å². The SMILES string of the molecule is Cc1oc(-c2cccs2)nc1CC(=O)N[C@@H]1CCc2nccn2C1.